The topological polar surface area (TPSA) is 41.6 Å². The third-order valence-corrected chi connectivity index (χ3v) is 5.59. The number of ether oxygens (including phenoxy) is 1. The standard InChI is InChI=1S/C20H23FN2O2S/c1-25-16-8-6-12-23(13-16)20(24)22-18-10-4-5-11-19(18)26-14-15-7-2-3-9-17(15)21/h2-5,7,9-11,16H,6,8,12-14H2,1H3,(H,22,24)/t16-/m0/s1. The zero-order valence-electron chi connectivity index (χ0n) is 14.8. The SMILES string of the molecule is CO[C@H]1CCCN(C(=O)Nc2ccccc2SCc2ccccc2F)C1. The molecule has 26 heavy (non-hydrogen) atoms. The van der Waals surface area contributed by atoms with Gasteiger partial charge in [-0.15, -0.1) is 11.8 Å². The van der Waals surface area contributed by atoms with Crippen LogP contribution < -0.4 is 5.32 Å². The normalized spacial score (nSPS) is 17.2. The van der Waals surface area contributed by atoms with Crippen molar-refractivity contribution in [2.75, 3.05) is 25.5 Å². The number of rotatable bonds is 5. The predicted molar refractivity (Wildman–Crippen MR) is 103 cm³/mol. The number of benzene rings is 2. The fourth-order valence-corrected chi connectivity index (χ4v) is 3.97. The van der Waals surface area contributed by atoms with Crippen LogP contribution in [0.4, 0.5) is 14.9 Å². The number of anilines is 1. The first-order chi connectivity index (χ1) is 12.7. The average Bonchev–Trinajstić information content (AvgIpc) is 2.68. The summed E-state index contributed by atoms with van der Waals surface area (Å²) in [4.78, 5) is 15.3. The van der Waals surface area contributed by atoms with E-state index in [9.17, 15) is 9.18 Å². The van der Waals surface area contributed by atoms with Crippen molar-refractivity contribution in [3.05, 3.63) is 59.9 Å². The highest BCUT2D eigenvalue weighted by Gasteiger charge is 2.23. The summed E-state index contributed by atoms with van der Waals surface area (Å²) in [5.41, 5.74) is 1.40. The quantitative estimate of drug-likeness (QED) is 0.767. The smallest absolute Gasteiger partial charge is 0.321 e. The maximum atomic E-state index is 13.8. The van der Waals surface area contributed by atoms with Gasteiger partial charge in [0.2, 0.25) is 0 Å². The Bertz CT molecular complexity index is 756. The molecule has 0 aliphatic carbocycles. The molecular formula is C20H23FN2O2S. The number of thioether (sulfide) groups is 1. The molecule has 1 heterocycles. The Hall–Kier alpha value is -2.05. The number of para-hydroxylation sites is 1. The number of halogens is 1. The molecule has 4 nitrogen and oxygen atoms in total. The molecule has 0 spiro atoms. The van der Waals surface area contributed by atoms with Gasteiger partial charge >= 0.3 is 6.03 Å². The number of nitrogens with one attached hydrogen (secondary N) is 1. The third-order valence-electron chi connectivity index (χ3n) is 4.47. The molecule has 0 aromatic heterocycles. The molecule has 1 N–H and O–H groups in total. The first-order valence-corrected chi connectivity index (χ1v) is 9.70. The lowest BCUT2D eigenvalue weighted by molar-refractivity contribution is 0.0458. The molecule has 2 aromatic rings. The summed E-state index contributed by atoms with van der Waals surface area (Å²) in [7, 11) is 1.68. The van der Waals surface area contributed by atoms with Gasteiger partial charge < -0.3 is 15.0 Å². The summed E-state index contributed by atoms with van der Waals surface area (Å²) in [6.07, 6.45) is 2.02. The van der Waals surface area contributed by atoms with Gasteiger partial charge in [-0.05, 0) is 36.6 Å². The van der Waals surface area contributed by atoms with Crippen molar-refractivity contribution in [3.8, 4) is 0 Å². The molecule has 138 valence electrons. The minimum Gasteiger partial charge on any atom is -0.380 e. The van der Waals surface area contributed by atoms with Gasteiger partial charge in [-0.25, -0.2) is 9.18 Å². The van der Waals surface area contributed by atoms with Crippen molar-refractivity contribution in [3.63, 3.8) is 0 Å². The van der Waals surface area contributed by atoms with Crippen LogP contribution >= 0.6 is 11.8 Å². The molecular weight excluding hydrogens is 351 g/mol. The lowest BCUT2D eigenvalue weighted by Gasteiger charge is -2.32. The lowest BCUT2D eigenvalue weighted by Crippen LogP contribution is -2.44. The highest BCUT2D eigenvalue weighted by molar-refractivity contribution is 7.98. The Balaban J connectivity index is 1.65. The van der Waals surface area contributed by atoms with Crippen LogP contribution in [0.25, 0.3) is 0 Å². The average molecular weight is 374 g/mol. The lowest BCUT2D eigenvalue weighted by atomic mass is 10.1. The van der Waals surface area contributed by atoms with Gasteiger partial charge in [0, 0.05) is 30.8 Å². The number of piperidine rings is 1. The Labute approximate surface area is 157 Å². The van der Waals surface area contributed by atoms with E-state index in [0.29, 0.717) is 17.9 Å². The van der Waals surface area contributed by atoms with E-state index in [0.717, 1.165) is 30.0 Å². The monoisotopic (exact) mass is 374 g/mol. The molecule has 1 fully saturated rings. The second-order valence-electron chi connectivity index (χ2n) is 6.25. The number of carbonyl (C=O) groups excluding carboxylic acids is 1. The van der Waals surface area contributed by atoms with Crippen LogP contribution in [0.1, 0.15) is 18.4 Å². The largest absolute Gasteiger partial charge is 0.380 e. The van der Waals surface area contributed by atoms with E-state index in [1.807, 2.05) is 30.3 Å². The number of hydrogen-bond acceptors (Lipinski definition) is 3. The number of hydrogen-bond donors (Lipinski definition) is 1. The molecule has 1 aliphatic heterocycles. The van der Waals surface area contributed by atoms with Crippen molar-refractivity contribution in [2.45, 2.75) is 29.6 Å². The molecule has 2 amide bonds. The molecule has 1 aliphatic rings. The van der Waals surface area contributed by atoms with Crippen LogP contribution in [-0.4, -0.2) is 37.2 Å². The van der Waals surface area contributed by atoms with Gasteiger partial charge in [0.15, 0.2) is 0 Å². The maximum absolute atomic E-state index is 13.8. The molecule has 3 rings (SSSR count). The minimum absolute atomic E-state index is 0.0974. The number of carbonyl (C=O) groups is 1. The summed E-state index contributed by atoms with van der Waals surface area (Å²) >= 11 is 1.51. The van der Waals surface area contributed by atoms with E-state index in [-0.39, 0.29) is 18.0 Å². The number of urea groups is 1. The van der Waals surface area contributed by atoms with Crippen LogP contribution in [0, 0.1) is 5.82 Å². The number of amides is 2. The van der Waals surface area contributed by atoms with Crippen molar-refractivity contribution < 1.29 is 13.9 Å². The predicted octanol–water partition coefficient (Wildman–Crippen LogP) is 4.76. The van der Waals surface area contributed by atoms with Gasteiger partial charge in [0.05, 0.1) is 11.8 Å². The van der Waals surface area contributed by atoms with Gasteiger partial charge in [-0.3, -0.25) is 0 Å². The van der Waals surface area contributed by atoms with Crippen molar-refractivity contribution in [2.24, 2.45) is 0 Å². The molecule has 1 saturated heterocycles. The second kappa shape index (κ2) is 9.05. The molecule has 0 radical (unpaired) electrons. The number of methoxy groups -OCH3 is 1. The Morgan fingerprint density at radius 3 is 2.85 bits per heavy atom. The Morgan fingerprint density at radius 2 is 2.04 bits per heavy atom. The Morgan fingerprint density at radius 1 is 1.27 bits per heavy atom. The third kappa shape index (κ3) is 4.77. The second-order valence-corrected chi connectivity index (χ2v) is 7.27. The van der Waals surface area contributed by atoms with Crippen molar-refractivity contribution in [1.29, 1.82) is 0 Å². The maximum Gasteiger partial charge on any atom is 0.321 e. The van der Waals surface area contributed by atoms with Crippen LogP contribution in [0.15, 0.2) is 53.4 Å². The summed E-state index contributed by atoms with van der Waals surface area (Å²) in [5, 5.41) is 2.99. The molecule has 0 unspecified atom stereocenters. The number of nitrogens with zero attached hydrogens (tertiary/aromatic N) is 1. The molecule has 6 heteroatoms. The van der Waals surface area contributed by atoms with Crippen LogP contribution in [0.2, 0.25) is 0 Å². The zero-order chi connectivity index (χ0) is 18.4. The van der Waals surface area contributed by atoms with E-state index >= 15 is 0 Å². The van der Waals surface area contributed by atoms with Gasteiger partial charge in [0.1, 0.15) is 5.82 Å². The summed E-state index contributed by atoms with van der Waals surface area (Å²) < 4.78 is 19.2. The summed E-state index contributed by atoms with van der Waals surface area (Å²) in [5.74, 6) is 0.301. The Kier molecular flexibility index (Phi) is 6.52. The molecule has 2 aromatic carbocycles. The van der Waals surface area contributed by atoms with Crippen LogP contribution in [0.3, 0.4) is 0 Å². The summed E-state index contributed by atoms with van der Waals surface area (Å²) in [6, 6.07) is 14.3. The van der Waals surface area contributed by atoms with E-state index in [4.69, 9.17) is 4.74 Å². The van der Waals surface area contributed by atoms with Crippen molar-refractivity contribution in [1.82, 2.24) is 4.90 Å². The van der Waals surface area contributed by atoms with Crippen LogP contribution in [-0.2, 0) is 10.5 Å². The fourth-order valence-electron chi connectivity index (χ4n) is 2.98. The van der Waals surface area contributed by atoms with Gasteiger partial charge in [-0.1, -0.05) is 30.3 Å². The zero-order valence-corrected chi connectivity index (χ0v) is 15.6. The van der Waals surface area contributed by atoms with Crippen molar-refractivity contribution >= 4 is 23.5 Å². The van der Waals surface area contributed by atoms with Gasteiger partial charge in [-0.2, -0.15) is 0 Å². The van der Waals surface area contributed by atoms with E-state index < -0.39 is 0 Å². The fraction of sp³-hybridized carbons (Fsp3) is 0.350. The van der Waals surface area contributed by atoms with E-state index in [1.165, 1.54) is 17.8 Å². The molecule has 0 bridgehead atoms. The first-order valence-electron chi connectivity index (χ1n) is 8.71. The first kappa shape index (κ1) is 18.7. The van der Waals surface area contributed by atoms with Gasteiger partial charge in [0.25, 0.3) is 0 Å². The van der Waals surface area contributed by atoms with E-state index in [1.54, 1.807) is 24.1 Å². The number of likely N-dealkylation sites (tertiary alicyclic amines) is 1. The molecule has 1 atom stereocenters. The molecule has 0 saturated carbocycles. The van der Waals surface area contributed by atoms with E-state index in [2.05, 4.69) is 5.32 Å². The summed E-state index contributed by atoms with van der Waals surface area (Å²) in [6.45, 7) is 1.34. The van der Waals surface area contributed by atoms with Crippen LogP contribution in [0.5, 0.6) is 0 Å². The minimum atomic E-state index is -0.208. The highest BCUT2D eigenvalue weighted by Crippen LogP contribution is 2.30. The highest BCUT2D eigenvalue weighted by atomic mass is 32.2.